The Hall–Kier alpha value is -1.58. The van der Waals surface area contributed by atoms with Crippen LogP contribution in [0.3, 0.4) is 0 Å². The summed E-state index contributed by atoms with van der Waals surface area (Å²) in [5.41, 5.74) is 1.98. The molecule has 0 aliphatic heterocycles. The molecule has 0 amide bonds. The van der Waals surface area contributed by atoms with E-state index in [-0.39, 0.29) is 0 Å². The number of rotatable bonds is 1. The summed E-state index contributed by atoms with van der Waals surface area (Å²) in [6, 6.07) is 0. The van der Waals surface area contributed by atoms with Crippen molar-refractivity contribution in [3.63, 3.8) is 0 Å². The molecule has 0 bridgehead atoms. The molecular formula is C7H8N4. The quantitative estimate of drug-likeness (QED) is 0.636. The maximum Gasteiger partial charge on any atom is 0.158 e. The number of nitrogens with one attached hydrogen (secondary N) is 2. The number of aromatic nitrogens is 4. The fourth-order valence-corrected chi connectivity index (χ4v) is 0.985. The molecule has 0 aromatic carbocycles. The number of nitrogens with zero attached hydrogens (tertiary/aromatic N) is 2. The van der Waals surface area contributed by atoms with Gasteiger partial charge in [-0.15, -0.1) is 0 Å². The number of hydrogen-bond donors (Lipinski definition) is 2. The first kappa shape index (κ1) is 6.15. The highest BCUT2D eigenvalue weighted by Gasteiger charge is 2.04. The van der Waals surface area contributed by atoms with E-state index in [4.69, 9.17) is 0 Å². The van der Waals surface area contributed by atoms with E-state index in [0.29, 0.717) is 0 Å². The Balaban J connectivity index is 2.53. The van der Waals surface area contributed by atoms with Gasteiger partial charge in [0.25, 0.3) is 0 Å². The van der Waals surface area contributed by atoms with Crippen molar-refractivity contribution >= 4 is 0 Å². The fourth-order valence-electron chi connectivity index (χ4n) is 0.985. The van der Waals surface area contributed by atoms with Crippen LogP contribution in [-0.2, 0) is 0 Å². The highest BCUT2D eigenvalue weighted by atomic mass is 15.1. The van der Waals surface area contributed by atoms with Crippen molar-refractivity contribution in [1.82, 2.24) is 20.2 Å². The summed E-state index contributed by atoms with van der Waals surface area (Å²) in [6.07, 6.45) is 5.34. The average molecular weight is 148 g/mol. The Morgan fingerprint density at radius 2 is 2.36 bits per heavy atom. The minimum absolute atomic E-state index is 0.809. The molecule has 0 aliphatic carbocycles. The van der Waals surface area contributed by atoms with Gasteiger partial charge >= 0.3 is 0 Å². The summed E-state index contributed by atoms with van der Waals surface area (Å²) in [5, 5.41) is 6.82. The van der Waals surface area contributed by atoms with Crippen LogP contribution in [0.5, 0.6) is 0 Å². The molecule has 0 radical (unpaired) electrons. The van der Waals surface area contributed by atoms with Crippen molar-refractivity contribution in [3.05, 3.63) is 24.2 Å². The lowest BCUT2D eigenvalue weighted by Crippen LogP contribution is -1.82. The SMILES string of the molecule is Cc1c[nH]nc1-c1ncc[nH]1. The highest BCUT2D eigenvalue weighted by Crippen LogP contribution is 2.14. The van der Waals surface area contributed by atoms with Crippen LogP contribution in [0.25, 0.3) is 11.5 Å². The number of hydrogen-bond acceptors (Lipinski definition) is 2. The Kier molecular flexibility index (Phi) is 1.25. The van der Waals surface area contributed by atoms with Crippen molar-refractivity contribution in [2.24, 2.45) is 0 Å². The minimum Gasteiger partial charge on any atom is -0.343 e. The van der Waals surface area contributed by atoms with E-state index in [0.717, 1.165) is 17.1 Å². The van der Waals surface area contributed by atoms with Gasteiger partial charge in [0, 0.05) is 18.6 Å². The third-order valence-corrected chi connectivity index (χ3v) is 1.55. The number of aryl methyl sites for hydroxylation is 1. The van der Waals surface area contributed by atoms with E-state index in [1.165, 1.54) is 0 Å². The van der Waals surface area contributed by atoms with Gasteiger partial charge < -0.3 is 4.98 Å². The highest BCUT2D eigenvalue weighted by molar-refractivity contribution is 5.52. The van der Waals surface area contributed by atoms with Gasteiger partial charge in [-0.05, 0) is 12.5 Å². The van der Waals surface area contributed by atoms with Crippen LogP contribution < -0.4 is 0 Å². The zero-order valence-corrected chi connectivity index (χ0v) is 6.13. The molecule has 56 valence electrons. The van der Waals surface area contributed by atoms with E-state index in [1.807, 2.05) is 13.1 Å². The third-order valence-electron chi connectivity index (χ3n) is 1.55. The van der Waals surface area contributed by atoms with Crippen molar-refractivity contribution in [2.45, 2.75) is 6.92 Å². The minimum atomic E-state index is 0.809. The molecule has 2 aromatic rings. The van der Waals surface area contributed by atoms with E-state index in [2.05, 4.69) is 20.2 Å². The molecule has 2 aromatic heterocycles. The molecule has 0 spiro atoms. The zero-order chi connectivity index (χ0) is 7.68. The van der Waals surface area contributed by atoms with Gasteiger partial charge in [-0.25, -0.2) is 4.98 Å². The summed E-state index contributed by atoms with van der Waals surface area (Å²) in [5.74, 6) is 0.809. The summed E-state index contributed by atoms with van der Waals surface area (Å²) < 4.78 is 0. The Bertz CT molecular complexity index is 333. The van der Waals surface area contributed by atoms with Crippen LogP contribution in [-0.4, -0.2) is 20.2 Å². The van der Waals surface area contributed by atoms with Crippen molar-refractivity contribution in [3.8, 4) is 11.5 Å². The molecule has 0 unspecified atom stereocenters. The first-order valence-electron chi connectivity index (χ1n) is 3.38. The molecule has 11 heavy (non-hydrogen) atoms. The summed E-state index contributed by atoms with van der Waals surface area (Å²) in [7, 11) is 0. The number of H-pyrrole nitrogens is 2. The predicted molar refractivity (Wildman–Crippen MR) is 40.9 cm³/mol. The van der Waals surface area contributed by atoms with Gasteiger partial charge in [0.2, 0.25) is 0 Å². The molecule has 4 heteroatoms. The Morgan fingerprint density at radius 1 is 1.45 bits per heavy atom. The number of imidazole rings is 1. The fraction of sp³-hybridized carbons (Fsp3) is 0.143. The van der Waals surface area contributed by atoms with Gasteiger partial charge in [-0.3, -0.25) is 5.10 Å². The van der Waals surface area contributed by atoms with Crippen LogP contribution >= 0.6 is 0 Å². The first-order valence-corrected chi connectivity index (χ1v) is 3.38. The smallest absolute Gasteiger partial charge is 0.158 e. The van der Waals surface area contributed by atoms with E-state index in [1.54, 1.807) is 12.4 Å². The maximum atomic E-state index is 4.08. The zero-order valence-electron chi connectivity index (χ0n) is 6.13. The van der Waals surface area contributed by atoms with Gasteiger partial charge in [0.1, 0.15) is 5.69 Å². The Labute approximate surface area is 63.7 Å². The van der Waals surface area contributed by atoms with Crippen molar-refractivity contribution < 1.29 is 0 Å². The van der Waals surface area contributed by atoms with Gasteiger partial charge in [0.05, 0.1) is 0 Å². The lowest BCUT2D eigenvalue weighted by molar-refractivity contribution is 1.08. The normalized spacial score (nSPS) is 10.3. The third kappa shape index (κ3) is 0.920. The van der Waals surface area contributed by atoms with E-state index < -0.39 is 0 Å². The lowest BCUT2D eigenvalue weighted by Gasteiger charge is -1.89. The second-order valence-electron chi connectivity index (χ2n) is 2.35. The summed E-state index contributed by atoms with van der Waals surface area (Å²) in [4.78, 5) is 7.07. The van der Waals surface area contributed by atoms with E-state index in [9.17, 15) is 0 Å². The molecule has 0 saturated carbocycles. The second kappa shape index (κ2) is 2.23. The van der Waals surface area contributed by atoms with Crippen LogP contribution in [0.4, 0.5) is 0 Å². The molecule has 2 rings (SSSR count). The van der Waals surface area contributed by atoms with Crippen LogP contribution in [0.15, 0.2) is 18.6 Å². The molecule has 0 fully saturated rings. The monoisotopic (exact) mass is 148 g/mol. The molecular weight excluding hydrogens is 140 g/mol. The van der Waals surface area contributed by atoms with E-state index >= 15 is 0 Å². The second-order valence-corrected chi connectivity index (χ2v) is 2.35. The lowest BCUT2D eigenvalue weighted by atomic mass is 10.3. The molecule has 0 saturated heterocycles. The van der Waals surface area contributed by atoms with Crippen molar-refractivity contribution in [1.29, 1.82) is 0 Å². The van der Waals surface area contributed by atoms with Crippen LogP contribution in [0, 0.1) is 6.92 Å². The van der Waals surface area contributed by atoms with Crippen LogP contribution in [0.2, 0.25) is 0 Å². The predicted octanol–water partition coefficient (Wildman–Crippen LogP) is 1.11. The first-order chi connectivity index (χ1) is 5.38. The topological polar surface area (TPSA) is 57.4 Å². The van der Waals surface area contributed by atoms with Crippen molar-refractivity contribution in [2.75, 3.05) is 0 Å². The summed E-state index contributed by atoms with van der Waals surface area (Å²) >= 11 is 0. The van der Waals surface area contributed by atoms with Gasteiger partial charge in [-0.2, -0.15) is 5.10 Å². The van der Waals surface area contributed by atoms with Gasteiger partial charge in [0.15, 0.2) is 5.82 Å². The van der Waals surface area contributed by atoms with Gasteiger partial charge in [-0.1, -0.05) is 0 Å². The standard InChI is InChI=1S/C7H8N4/c1-5-4-10-11-6(5)7-8-2-3-9-7/h2-4H,1H3,(H,8,9)(H,10,11). The molecule has 2 N–H and O–H groups in total. The molecule has 4 nitrogen and oxygen atoms in total. The largest absolute Gasteiger partial charge is 0.343 e. The molecule has 0 aliphatic rings. The average Bonchev–Trinajstić information content (AvgIpc) is 2.55. The Morgan fingerprint density at radius 3 is 2.91 bits per heavy atom. The van der Waals surface area contributed by atoms with Crippen LogP contribution in [0.1, 0.15) is 5.56 Å². The maximum absolute atomic E-state index is 4.08. The number of aromatic amines is 2. The molecule has 0 atom stereocenters. The molecule has 2 heterocycles. The summed E-state index contributed by atoms with van der Waals surface area (Å²) in [6.45, 7) is 1.99.